The molecule has 2 atom stereocenters. The molecule has 0 saturated carbocycles. The standard InChI is InChI=1S/C21H34N4O4S/c1-16-6-7-18(20(11-16)29-15-17-8-10-28-14-17)12-23-21(22-2)24-13-19-5-4-9-25(19)30(3,26)27/h6-7,11,17,19H,4-5,8-10,12-15H2,1-3H3,(H2,22,23,24)/t17?,19-/m1/s1. The minimum atomic E-state index is -3.18. The van der Waals surface area contributed by atoms with E-state index in [0.29, 0.717) is 38.1 Å². The quantitative estimate of drug-likeness (QED) is 0.472. The molecule has 2 N–H and O–H groups in total. The molecule has 0 spiro atoms. The van der Waals surface area contributed by atoms with Crippen LogP contribution in [-0.2, 0) is 21.3 Å². The van der Waals surface area contributed by atoms with Crippen LogP contribution in [0.5, 0.6) is 5.75 Å². The van der Waals surface area contributed by atoms with Crippen molar-refractivity contribution in [3.05, 3.63) is 29.3 Å². The molecule has 0 amide bonds. The Morgan fingerprint density at radius 2 is 2.17 bits per heavy atom. The fraction of sp³-hybridized carbons (Fsp3) is 0.667. The highest BCUT2D eigenvalue weighted by Gasteiger charge is 2.31. The fourth-order valence-electron chi connectivity index (χ4n) is 3.93. The zero-order chi connectivity index (χ0) is 21.6. The lowest BCUT2D eigenvalue weighted by Gasteiger charge is -2.23. The van der Waals surface area contributed by atoms with E-state index in [0.717, 1.165) is 49.4 Å². The summed E-state index contributed by atoms with van der Waals surface area (Å²) in [7, 11) is -1.46. The van der Waals surface area contributed by atoms with Crippen molar-refractivity contribution < 1.29 is 17.9 Å². The molecule has 1 unspecified atom stereocenters. The molecule has 2 fully saturated rings. The van der Waals surface area contributed by atoms with Gasteiger partial charge in [-0.05, 0) is 37.8 Å². The summed E-state index contributed by atoms with van der Waals surface area (Å²) < 4.78 is 37.0. The van der Waals surface area contributed by atoms with E-state index in [1.165, 1.54) is 6.26 Å². The smallest absolute Gasteiger partial charge is 0.211 e. The van der Waals surface area contributed by atoms with Crippen molar-refractivity contribution in [2.24, 2.45) is 10.9 Å². The molecule has 9 heteroatoms. The third kappa shape index (κ3) is 6.33. The van der Waals surface area contributed by atoms with Gasteiger partial charge in [-0.2, -0.15) is 4.31 Å². The van der Waals surface area contributed by atoms with Gasteiger partial charge >= 0.3 is 0 Å². The molecule has 1 aromatic rings. The summed E-state index contributed by atoms with van der Waals surface area (Å²) in [5.74, 6) is 1.97. The Morgan fingerprint density at radius 1 is 1.33 bits per heavy atom. The number of guanidine groups is 1. The number of hydrogen-bond acceptors (Lipinski definition) is 5. The molecule has 0 aromatic heterocycles. The SMILES string of the molecule is CN=C(NCc1ccc(C)cc1OCC1CCOC1)NC[C@H]1CCCN1S(C)(=O)=O. The van der Waals surface area contributed by atoms with Gasteiger partial charge in [0.05, 0.1) is 19.5 Å². The summed E-state index contributed by atoms with van der Waals surface area (Å²) in [6.45, 7) is 5.98. The van der Waals surface area contributed by atoms with Gasteiger partial charge in [0, 0.05) is 50.8 Å². The van der Waals surface area contributed by atoms with Crippen LogP contribution in [0, 0.1) is 12.8 Å². The van der Waals surface area contributed by atoms with Crippen LogP contribution in [0.1, 0.15) is 30.4 Å². The van der Waals surface area contributed by atoms with Gasteiger partial charge in [0.2, 0.25) is 10.0 Å². The van der Waals surface area contributed by atoms with Crippen molar-refractivity contribution >= 4 is 16.0 Å². The minimum absolute atomic E-state index is 0.0366. The van der Waals surface area contributed by atoms with E-state index in [4.69, 9.17) is 9.47 Å². The first-order valence-electron chi connectivity index (χ1n) is 10.6. The zero-order valence-electron chi connectivity index (χ0n) is 18.2. The van der Waals surface area contributed by atoms with Crippen LogP contribution >= 0.6 is 0 Å². The van der Waals surface area contributed by atoms with Crippen LogP contribution in [-0.4, -0.2) is 70.9 Å². The second kappa shape index (κ2) is 10.5. The summed E-state index contributed by atoms with van der Waals surface area (Å²) >= 11 is 0. The fourth-order valence-corrected chi connectivity index (χ4v) is 5.11. The number of hydrogen-bond donors (Lipinski definition) is 2. The number of benzene rings is 1. The summed E-state index contributed by atoms with van der Waals surface area (Å²) in [4.78, 5) is 4.28. The van der Waals surface area contributed by atoms with Gasteiger partial charge in [-0.25, -0.2) is 8.42 Å². The highest BCUT2D eigenvalue weighted by Crippen LogP contribution is 2.23. The molecule has 1 aromatic carbocycles. The van der Waals surface area contributed by atoms with E-state index in [2.05, 4.69) is 40.7 Å². The number of aryl methyl sites for hydroxylation is 1. The van der Waals surface area contributed by atoms with E-state index in [-0.39, 0.29) is 6.04 Å². The molecule has 8 nitrogen and oxygen atoms in total. The molecule has 0 aliphatic carbocycles. The maximum atomic E-state index is 11.9. The highest BCUT2D eigenvalue weighted by atomic mass is 32.2. The third-order valence-electron chi connectivity index (χ3n) is 5.65. The van der Waals surface area contributed by atoms with Crippen LogP contribution in [0.25, 0.3) is 0 Å². The van der Waals surface area contributed by atoms with Gasteiger partial charge < -0.3 is 20.1 Å². The summed E-state index contributed by atoms with van der Waals surface area (Å²) in [6.07, 6.45) is 4.07. The molecular formula is C21H34N4O4S. The predicted molar refractivity (Wildman–Crippen MR) is 118 cm³/mol. The second-order valence-electron chi connectivity index (χ2n) is 8.13. The average Bonchev–Trinajstić information content (AvgIpc) is 3.39. The monoisotopic (exact) mass is 438 g/mol. The first-order valence-corrected chi connectivity index (χ1v) is 12.4. The Labute approximate surface area is 180 Å². The van der Waals surface area contributed by atoms with Crippen molar-refractivity contribution in [3.63, 3.8) is 0 Å². The lowest BCUT2D eigenvalue weighted by atomic mass is 10.1. The Morgan fingerprint density at radius 3 is 2.87 bits per heavy atom. The molecular weight excluding hydrogens is 404 g/mol. The van der Waals surface area contributed by atoms with Gasteiger partial charge in [-0.3, -0.25) is 4.99 Å². The number of sulfonamides is 1. The molecule has 0 bridgehead atoms. The molecule has 2 aliphatic heterocycles. The average molecular weight is 439 g/mol. The van der Waals surface area contributed by atoms with Gasteiger partial charge in [0.1, 0.15) is 5.75 Å². The van der Waals surface area contributed by atoms with Crippen LogP contribution in [0.4, 0.5) is 0 Å². The predicted octanol–water partition coefficient (Wildman–Crippen LogP) is 1.50. The Bertz CT molecular complexity index is 837. The van der Waals surface area contributed by atoms with Crippen molar-refractivity contribution in [3.8, 4) is 5.75 Å². The van der Waals surface area contributed by atoms with Crippen LogP contribution in [0.3, 0.4) is 0 Å². The van der Waals surface area contributed by atoms with Crippen LogP contribution in [0.15, 0.2) is 23.2 Å². The van der Waals surface area contributed by atoms with E-state index in [1.807, 2.05) is 0 Å². The van der Waals surface area contributed by atoms with E-state index < -0.39 is 10.0 Å². The molecule has 2 saturated heterocycles. The van der Waals surface area contributed by atoms with Crippen molar-refractivity contribution in [2.45, 2.75) is 38.8 Å². The normalized spacial score (nSPS) is 23.0. The molecule has 2 aliphatic rings. The molecule has 2 heterocycles. The van der Waals surface area contributed by atoms with E-state index in [9.17, 15) is 8.42 Å². The zero-order valence-corrected chi connectivity index (χ0v) is 19.0. The van der Waals surface area contributed by atoms with Gasteiger partial charge in [0.25, 0.3) is 0 Å². The number of nitrogens with zero attached hydrogens (tertiary/aromatic N) is 2. The molecule has 168 valence electrons. The topological polar surface area (TPSA) is 92.3 Å². The number of ether oxygens (including phenoxy) is 2. The maximum Gasteiger partial charge on any atom is 0.211 e. The Hall–Kier alpha value is -1.84. The van der Waals surface area contributed by atoms with Crippen molar-refractivity contribution in [1.29, 1.82) is 0 Å². The highest BCUT2D eigenvalue weighted by molar-refractivity contribution is 7.88. The van der Waals surface area contributed by atoms with Crippen LogP contribution < -0.4 is 15.4 Å². The van der Waals surface area contributed by atoms with Crippen molar-refractivity contribution in [1.82, 2.24) is 14.9 Å². The van der Waals surface area contributed by atoms with Gasteiger partial charge in [0.15, 0.2) is 5.96 Å². The second-order valence-corrected chi connectivity index (χ2v) is 10.1. The number of nitrogens with one attached hydrogen (secondary N) is 2. The van der Waals surface area contributed by atoms with E-state index >= 15 is 0 Å². The first-order chi connectivity index (χ1) is 14.4. The Kier molecular flexibility index (Phi) is 7.96. The molecule has 3 rings (SSSR count). The lowest BCUT2D eigenvalue weighted by molar-refractivity contribution is 0.166. The lowest BCUT2D eigenvalue weighted by Crippen LogP contribution is -2.46. The van der Waals surface area contributed by atoms with Crippen LogP contribution in [0.2, 0.25) is 0 Å². The van der Waals surface area contributed by atoms with Crippen molar-refractivity contribution in [2.75, 3.05) is 46.2 Å². The molecule has 0 radical (unpaired) electrons. The number of rotatable bonds is 8. The Balaban J connectivity index is 1.54. The summed E-state index contributed by atoms with van der Waals surface area (Å²) in [5.41, 5.74) is 2.21. The molecule has 30 heavy (non-hydrogen) atoms. The summed E-state index contributed by atoms with van der Waals surface area (Å²) in [6, 6.07) is 6.16. The number of aliphatic imine (C=N–C) groups is 1. The summed E-state index contributed by atoms with van der Waals surface area (Å²) in [5, 5.41) is 6.58. The maximum absolute atomic E-state index is 11.9. The first kappa shape index (κ1) is 22.8. The third-order valence-corrected chi connectivity index (χ3v) is 6.98. The largest absolute Gasteiger partial charge is 0.493 e. The minimum Gasteiger partial charge on any atom is -0.493 e. The van der Waals surface area contributed by atoms with E-state index in [1.54, 1.807) is 11.4 Å². The van der Waals surface area contributed by atoms with Gasteiger partial charge in [-0.1, -0.05) is 12.1 Å². The van der Waals surface area contributed by atoms with Gasteiger partial charge in [-0.15, -0.1) is 0 Å².